The number of amides is 1. The van der Waals surface area contributed by atoms with E-state index in [0.717, 1.165) is 0 Å². The zero-order chi connectivity index (χ0) is 10.6. The number of carbonyl (C=O) groups is 2. The van der Waals surface area contributed by atoms with Gasteiger partial charge < -0.3 is 20.9 Å². The van der Waals surface area contributed by atoms with Gasteiger partial charge >= 0.3 is 4.24 Å². The number of carbonyl (C=O) groups excluding carboxylic acids is 2. The molecule has 0 heterocycles. The predicted molar refractivity (Wildman–Crippen MR) is 25.8 cm³/mol. The minimum atomic E-state index is -1.89. The molecule has 0 aromatic carbocycles. The van der Waals surface area contributed by atoms with Crippen LogP contribution in [0.2, 0.25) is 5.65 Å². The number of quaternary nitrogens is 1. The maximum absolute atomic E-state index is 10.8. The predicted octanol–water partition coefficient (Wildman–Crippen LogP) is -3.91. The highest BCUT2D eigenvalue weighted by Crippen LogP contribution is 1.56. The molecule has 0 atom stereocenters. The van der Waals surface area contributed by atoms with Crippen LogP contribution in [0.15, 0.2) is 0 Å². The minimum absolute atomic E-state index is 0.0416. The summed E-state index contributed by atoms with van der Waals surface area (Å²) in [6, 6.07) is 0. The Labute approximate surface area is 57.7 Å². The minimum Gasteiger partial charge on any atom is -0.548 e. The number of rotatable bonds is 4. The Hall–Kier alpha value is -1.10. The van der Waals surface area contributed by atoms with Crippen molar-refractivity contribution in [3.05, 3.63) is 0 Å². The van der Waals surface area contributed by atoms with Crippen LogP contribution in [0.1, 0.15) is 0 Å². The summed E-state index contributed by atoms with van der Waals surface area (Å²) in [7, 11) is 0. The average Bonchev–Trinajstić information content (AvgIpc) is 1.81. The van der Waals surface area contributed by atoms with E-state index < -0.39 is 30.7 Å². The van der Waals surface area contributed by atoms with Gasteiger partial charge in [-0.3, -0.25) is 4.79 Å². The summed E-state index contributed by atoms with van der Waals surface area (Å²) in [5.41, 5.74) is -1.89. The molecule has 0 saturated heterocycles. The molecule has 0 radical (unpaired) electrons. The van der Waals surface area contributed by atoms with E-state index in [1.165, 1.54) is 0 Å². The van der Waals surface area contributed by atoms with E-state index in [1.807, 2.05) is 0 Å². The van der Waals surface area contributed by atoms with Crippen molar-refractivity contribution in [1.82, 2.24) is 5.31 Å². The van der Waals surface area contributed by atoms with Crippen molar-refractivity contribution in [3.8, 4) is 0 Å². The van der Waals surface area contributed by atoms with Gasteiger partial charge in [-0.1, -0.05) is 0 Å². The van der Waals surface area contributed by atoms with Gasteiger partial charge in [0.15, 0.2) is 7.96 Å². The average molecular weight is 138 g/mol. The van der Waals surface area contributed by atoms with Crippen LogP contribution < -0.4 is 16.1 Å². The molecular formula is C4H8N2O3. The molecule has 0 aromatic heterocycles. The molecule has 0 aliphatic rings. The molecule has 9 heavy (non-hydrogen) atoms. The largest absolute Gasteiger partial charge is 0.548 e. The smallest absolute Gasteiger partial charge is 0.344 e. The van der Waals surface area contributed by atoms with E-state index in [2.05, 4.69) is 0 Å². The number of carboxylic acids is 1. The number of carboxylic acid groups (broad SMARTS) is 1. The lowest BCUT2D eigenvalue weighted by Crippen LogP contribution is -2.58. The Morgan fingerprint density at radius 2 is 2.56 bits per heavy atom. The molecule has 0 rings (SSSR count). The Morgan fingerprint density at radius 3 is 3.00 bits per heavy atom. The maximum Gasteiger partial charge on any atom is 0.344 e. The van der Waals surface area contributed by atoms with Crippen molar-refractivity contribution in [3.63, 3.8) is 0 Å². The van der Waals surface area contributed by atoms with Crippen LogP contribution in [0.25, 0.3) is 0 Å². The Bertz CT molecular complexity index is 216. The van der Waals surface area contributed by atoms with E-state index in [4.69, 9.17) is 5.65 Å². The van der Waals surface area contributed by atoms with Crippen molar-refractivity contribution in [1.29, 1.82) is 0 Å². The molecule has 0 aliphatic carbocycles. The summed E-state index contributed by atoms with van der Waals surface area (Å²) >= 11 is 0. The van der Waals surface area contributed by atoms with Gasteiger partial charge in [-0.05, 0) is 0 Å². The number of nitrogens with one attached hydrogen (secondary N) is 1. The second-order valence-corrected chi connectivity index (χ2v) is 1.24. The molecule has 1 amide bonds. The Morgan fingerprint density at radius 1 is 1.89 bits per heavy atom. The lowest BCUT2D eigenvalue weighted by atomic mass is 10.6. The summed E-state index contributed by atoms with van der Waals surface area (Å²) in [6.07, 6.45) is 0. The third-order valence-corrected chi connectivity index (χ3v) is 0.520. The van der Waals surface area contributed by atoms with Crippen LogP contribution in [-0.2, 0) is 9.59 Å². The molecule has 0 aliphatic heterocycles. The highest BCUT2D eigenvalue weighted by molar-refractivity contribution is 5.80. The molecule has 0 spiro atoms. The summed E-state index contributed by atoms with van der Waals surface area (Å²) < 4.78 is 26.6. The first-order chi connectivity index (χ1) is 5.72. The number of hydrogen-bond acceptors (Lipinski definition) is 3. The van der Waals surface area contributed by atoms with E-state index in [0.29, 0.717) is 0 Å². The zero-order valence-electron chi connectivity index (χ0n) is 8.53. The topological polar surface area (TPSA) is 96.9 Å². The van der Waals surface area contributed by atoms with Crippen LogP contribution in [0.5, 0.6) is 0 Å². The monoisotopic (exact) mass is 138 g/mol. The highest BCUT2D eigenvalue weighted by Gasteiger charge is 1.95. The second-order valence-electron chi connectivity index (χ2n) is 1.24. The van der Waals surface area contributed by atoms with Crippen molar-refractivity contribution in [2.45, 2.75) is 0 Å². The molecule has 0 fully saturated rings. The Kier molecular flexibility index (Phi) is 1.35. The second kappa shape index (κ2) is 3.85. The third kappa shape index (κ3) is 4.76. The van der Waals surface area contributed by atoms with E-state index in [9.17, 15) is 14.7 Å². The van der Waals surface area contributed by atoms with Gasteiger partial charge in [0.1, 0.15) is 0 Å². The molecule has 5 nitrogen and oxygen atoms in total. The summed E-state index contributed by atoms with van der Waals surface area (Å²) in [4.78, 5) is 20.7. The van der Waals surface area contributed by atoms with E-state index in [1.54, 1.807) is 0 Å². The fourth-order valence-corrected chi connectivity index (χ4v) is 0.203. The standard InChI is InChI=1S/C4H8N2O3/c5-1-3(7)6-2-4(8)9/h1-2,5H2,(H,6,7)(H,8,9)/i5+1,6+1/hD4. The molecule has 5 heteroatoms. The highest BCUT2D eigenvalue weighted by atomic mass is 16.4. The fourth-order valence-electron chi connectivity index (χ4n) is 0.203. The summed E-state index contributed by atoms with van der Waals surface area (Å²) in [5.74, 6) is -2.70. The Balaban J connectivity index is 4.05. The third-order valence-electron chi connectivity index (χ3n) is 0.520. The number of aliphatic carboxylic acids is 1. The van der Waals surface area contributed by atoms with E-state index >= 15 is 0 Å². The lowest BCUT2D eigenvalue weighted by Gasteiger charge is -2.00. The normalized spacial score (nSPS) is 16.4. The van der Waals surface area contributed by atoms with Crippen molar-refractivity contribution in [2.24, 2.45) is 0 Å². The molecule has 0 saturated carbocycles. The summed E-state index contributed by atoms with van der Waals surface area (Å²) in [6.45, 7) is -1.84. The fraction of sp³-hybridized carbons (Fsp3) is 0.500. The van der Waals surface area contributed by atoms with Gasteiger partial charge in [0.2, 0.25) is 0 Å². The summed E-state index contributed by atoms with van der Waals surface area (Å²) in [5, 5.41) is 9.95. The molecule has 52 valence electrons. The van der Waals surface area contributed by atoms with Gasteiger partial charge in [0.05, 0.1) is 12.5 Å². The first-order valence-electron chi connectivity index (χ1n) is 3.96. The van der Waals surface area contributed by atoms with Crippen molar-refractivity contribution in [2.75, 3.05) is 13.1 Å². The van der Waals surface area contributed by atoms with Crippen LogP contribution in [-0.4, -0.2) is 25.0 Å². The van der Waals surface area contributed by atoms with Crippen LogP contribution >= 0.6 is 0 Å². The SMILES string of the molecule is [2H][15N](CC(=O)[O-])C(=O)C[15N+]([2H])([2H])[2H]. The van der Waals surface area contributed by atoms with Gasteiger partial charge in [-0.2, -0.15) is 0 Å². The number of hydrogen-bond donors (Lipinski definition) is 2. The maximum atomic E-state index is 10.8. The zero-order valence-corrected chi connectivity index (χ0v) is 4.53. The van der Waals surface area contributed by atoms with Crippen molar-refractivity contribution < 1.29 is 26.1 Å². The van der Waals surface area contributed by atoms with Crippen LogP contribution in [0, 0.1) is 0 Å². The quantitative estimate of drug-likeness (QED) is 0.388. The van der Waals surface area contributed by atoms with E-state index in [-0.39, 0.29) is 5.31 Å². The van der Waals surface area contributed by atoms with Crippen LogP contribution in [0.3, 0.4) is 0 Å². The van der Waals surface area contributed by atoms with Crippen molar-refractivity contribution >= 4 is 11.9 Å². The molecule has 4 N–H and O–H groups in total. The van der Waals surface area contributed by atoms with Gasteiger partial charge in [0, 0.05) is 0 Å². The first kappa shape index (κ1) is 3.17. The molecule has 0 unspecified atom stereocenters. The van der Waals surface area contributed by atoms with Gasteiger partial charge in [0.25, 0.3) is 5.91 Å². The molecule has 0 bridgehead atoms. The first-order valence-corrected chi connectivity index (χ1v) is 2.18. The molecular weight excluding hydrogens is 126 g/mol. The molecule has 0 aromatic rings. The van der Waals surface area contributed by atoms with Gasteiger partial charge in [-0.15, -0.1) is 0 Å². The van der Waals surface area contributed by atoms with Crippen LogP contribution in [0.4, 0.5) is 0 Å². The lowest BCUT2D eigenvalue weighted by molar-refractivity contribution is -0.355. The van der Waals surface area contributed by atoms with Gasteiger partial charge in [-0.25, -0.2) is 0 Å².